The van der Waals surface area contributed by atoms with Crippen molar-refractivity contribution >= 4 is 0 Å². The van der Waals surface area contributed by atoms with E-state index in [1.165, 1.54) is 25.7 Å². The van der Waals surface area contributed by atoms with Crippen LogP contribution in [-0.4, -0.2) is 37.1 Å². The molecule has 0 aromatic heterocycles. The lowest BCUT2D eigenvalue weighted by atomic mass is 9.86. The molecule has 0 saturated heterocycles. The summed E-state index contributed by atoms with van der Waals surface area (Å²) in [7, 11) is 4.11. The zero-order valence-electron chi connectivity index (χ0n) is 12.5. The van der Waals surface area contributed by atoms with E-state index in [9.17, 15) is 0 Å². The van der Waals surface area contributed by atoms with Gasteiger partial charge in [-0.2, -0.15) is 5.26 Å². The van der Waals surface area contributed by atoms with Gasteiger partial charge >= 0.3 is 0 Å². The van der Waals surface area contributed by atoms with Gasteiger partial charge in [-0.15, -0.1) is 0 Å². The molecule has 1 saturated carbocycles. The van der Waals surface area contributed by atoms with Gasteiger partial charge in [-0.05, 0) is 72.0 Å². The molecule has 0 amide bonds. The van der Waals surface area contributed by atoms with E-state index in [0.717, 1.165) is 31.3 Å². The van der Waals surface area contributed by atoms with Gasteiger partial charge in [0.1, 0.15) is 5.54 Å². The topological polar surface area (TPSA) is 39.1 Å². The average molecular weight is 251 g/mol. The van der Waals surface area contributed by atoms with Crippen molar-refractivity contribution in [3.05, 3.63) is 0 Å². The van der Waals surface area contributed by atoms with Crippen LogP contribution in [0.1, 0.15) is 52.4 Å². The second kappa shape index (κ2) is 7.11. The van der Waals surface area contributed by atoms with Crippen molar-refractivity contribution in [2.75, 3.05) is 20.6 Å². The molecule has 3 heteroatoms. The van der Waals surface area contributed by atoms with Crippen molar-refractivity contribution in [2.45, 2.75) is 64.0 Å². The molecule has 1 unspecified atom stereocenters. The highest BCUT2D eigenvalue weighted by Crippen LogP contribution is 2.26. The Balaban J connectivity index is 2.25. The Morgan fingerprint density at radius 3 is 2.44 bits per heavy atom. The summed E-state index contributed by atoms with van der Waals surface area (Å²) < 4.78 is 0. The zero-order chi connectivity index (χ0) is 13.6. The monoisotopic (exact) mass is 251 g/mol. The van der Waals surface area contributed by atoms with Gasteiger partial charge in [-0.25, -0.2) is 0 Å². The lowest BCUT2D eigenvalue weighted by Crippen LogP contribution is -2.40. The van der Waals surface area contributed by atoms with E-state index in [1.807, 2.05) is 14.0 Å². The van der Waals surface area contributed by atoms with Crippen molar-refractivity contribution in [2.24, 2.45) is 5.92 Å². The second-order valence-corrected chi connectivity index (χ2v) is 6.19. The molecule has 1 fully saturated rings. The summed E-state index contributed by atoms with van der Waals surface area (Å²) in [4.78, 5) is 2.50. The van der Waals surface area contributed by atoms with Crippen LogP contribution >= 0.6 is 0 Å². The van der Waals surface area contributed by atoms with Crippen LogP contribution in [0, 0.1) is 17.2 Å². The van der Waals surface area contributed by atoms with E-state index < -0.39 is 0 Å². The number of rotatable bonds is 6. The molecule has 18 heavy (non-hydrogen) atoms. The minimum absolute atomic E-state index is 0.359. The Morgan fingerprint density at radius 1 is 1.33 bits per heavy atom. The molecule has 0 aliphatic heterocycles. The molecule has 0 heterocycles. The molecule has 3 nitrogen and oxygen atoms in total. The molecule has 0 aromatic rings. The van der Waals surface area contributed by atoms with E-state index in [2.05, 4.69) is 30.3 Å². The highest BCUT2D eigenvalue weighted by molar-refractivity contribution is 5.02. The first kappa shape index (κ1) is 15.5. The first-order chi connectivity index (χ1) is 8.50. The van der Waals surface area contributed by atoms with Gasteiger partial charge in [-0.3, -0.25) is 0 Å². The van der Waals surface area contributed by atoms with Gasteiger partial charge in [0.05, 0.1) is 6.07 Å². The fourth-order valence-corrected chi connectivity index (χ4v) is 2.78. The van der Waals surface area contributed by atoms with E-state index in [4.69, 9.17) is 5.26 Å². The van der Waals surface area contributed by atoms with Gasteiger partial charge in [0.2, 0.25) is 0 Å². The summed E-state index contributed by atoms with van der Waals surface area (Å²) >= 11 is 0. The molecule has 0 radical (unpaired) electrons. The second-order valence-electron chi connectivity index (χ2n) is 6.19. The summed E-state index contributed by atoms with van der Waals surface area (Å²) in [6, 6.07) is 3.13. The number of hydrogen-bond donors (Lipinski definition) is 1. The number of nitrogens with one attached hydrogen (secondary N) is 1. The molecule has 0 bridgehead atoms. The van der Waals surface area contributed by atoms with Gasteiger partial charge in [-0.1, -0.05) is 6.92 Å². The minimum atomic E-state index is -0.359. The molecule has 1 aliphatic carbocycles. The molecule has 104 valence electrons. The summed E-state index contributed by atoms with van der Waals surface area (Å²) in [5.74, 6) is 0.917. The van der Waals surface area contributed by atoms with Gasteiger partial charge in [0, 0.05) is 6.04 Å². The Morgan fingerprint density at radius 2 is 1.94 bits per heavy atom. The summed E-state index contributed by atoms with van der Waals surface area (Å²) in [5.41, 5.74) is -0.359. The lowest BCUT2D eigenvalue weighted by molar-refractivity contribution is 0.165. The molecular weight excluding hydrogens is 222 g/mol. The van der Waals surface area contributed by atoms with Crippen LogP contribution < -0.4 is 5.32 Å². The van der Waals surface area contributed by atoms with Crippen LogP contribution in [0.4, 0.5) is 0 Å². The van der Waals surface area contributed by atoms with E-state index in [1.54, 1.807) is 0 Å². The van der Waals surface area contributed by atoms with Crippen LogP contribution in [-0.2, 0) is 0 Å². The van der Waals surface area contributed by atoms with Gasteiger partial charge in [0.25, 0.3) is 0 Å². The Bertz CT molecular complexity index is 276. The largest absolute Gasteiger partial charge is 0.303 e. The maximum atomic E-state index is 9.10. The van der Waals surface area contributed by atoms with Crippen LogP contribution in [0.15, 0.2) is 0 Å². The van der Waals surface area contributed by atoms with E-state index in [0.29, 0.717) is 0 Å². The number of hydrogen-bond acceptors (Lipinski definition) is 3. The highest BCUT2D eigenvalue weighted by Gasteiger charge is 2.23. The quantitative estimate of drug-likeness (QED) is 0.789. The molecule has 1 rings (SSSR count). The normalized spacial score (nSPS) is 27.8. The van der Waals surface area contributed by atoms with Crippen LogP contribution in [0.5, 0.6) is 0 Å². The first-order valence-electron chi connectivity index (χ1n) is 7.31. The summed E-state index contributed by atoms with van der Waals surface area (Å²) in [5, 5.41) is 12.2. The SMILES string of the molecule is CNC(C)(C#N)CCCN(C)C1CCC(C)CC1. The van der Waals surface area contributed by atoms with Crippen molar-refractivity contribution < 1.29 is 0 Å². The smallest absolute Gasteiger partial charge is 0.103 e. The van der Waals surface area contributed by atoms with E-state index >= 15 is 0 Å². The third-order valence-corrected chi connectivity index (χ3v) is 4.59. The Labute approximate surface area is 113 Å². The van der Waals surface area contributed by atoms with Crippen molar-refractivity contribution in [1.82, 2.24) is 10.2 Å². The predicted octanol–water partition coefficient (Wildman–Crippen LogP) is 2.78. The van der Waals surface area contributed by atoms with Crippen LogP contribution in [0.25, 0.3) is 0 Å². The Kier molecular flexibility index (Phi) is 6.11. The van der Waals surface area contributed by atoms with Crippen molar-refractivity contribution in [1.29, 1.82) is 5.26 Å². The minimum Gasteiger partial charge on any atom is -0.303 e. The predicted molar refractivity (Wildman–Crippen MR) is 76.4 cm³/mol. The maximum absolute atomic E-state index is 9.10. The number of nitriles is 1. The standard InChI is InChI=1S/C15H29N3/c1-13-6-8-14(9-7-13)18(4)11-5-10-15(2,12-16)17-3/h13-14,17H,5-11H2,1-4H3. The van der Waals surface area contributed by atoms with Crippen LogP contribution in [0.2, 0.25) is 0 Å². The van der Waals surface area contributed by atoms with E-state index in [-0.39, 0.29) is 5.54 Å². The highest BCUT2D eigenvalue weighted by atomic mass is 15.1. The average Bonchev–Trinajstić information content (AvgIpc) is 2.39. The van der Waals surface area contributed by atoms with Gasteiger partial charge in [0.15, 0.2) is 0 Å². The van der Waals surface area contributed by atoms with Crippen LogP contribution in [0.3, 0.4) is 0 Å². The molecule has 1 atom stereocenters. The summed E-state index contributed by atoms with van der Waals surface area (Å²) in [6.45, 7) is 5.45. The van der Waals surface area contributed by atoms with Crippen molar-refractivity contribution in [3.8, 4) is 6.07 Å². The van der Waals surface area contributed by atoms with Crippen molar-refractivity contribution in [3.63, 3.8) is 0 Å². The Hall–Kier alpha value is -0.590. The molecular formula is C15H29N3. The fraction of sp³-hybridized carbons (Fsp3) is 0.933. The summed E-state index contributed by atoms with van der Waals surface area (Å²) in [6.07, 6.45) is 7.46. The third-order valence-electron chi connectivity index (χ3n) is 4.59. The first-order valence-corrected chi connectivity index (χ1v) is 7.31. The third kappa shape index (κ3) is 4.59. The fourth-order valence-electron chi connectivity index (χ4n) is 2.78. The number of nitrogens with zero attached hydrogens (tertiary/aromatic N) is 2. The molecule has 0 aromatic carbocycles. The molecule has 1 aliphatic rings. The maximum Gasteiger partial charge on any atom is 0.103 e. The zero-order valence-corrected chi connectivity index (χ0v) is 12.5. The lowest BCUT2D eigenvalue weighted by Gasteiger charge is -2.34. The van der Waals surface area contributed by atoms with Gasteiger partial charge < -0.3 is 10.2 Å². The molecule has 1 N–H and O–H groups in total. The molecule has 0 spiro atoms.